The summed E-state index contributed by atoms with van der Waals surface area (Å²) >= 11 is 0. The normalized spacial score (nSPS) is 11.8. The van der Waals surface area contributed by atoms with Crippen molar-refractivity contribution in [2.24, 2.45) is 0 Å². The van der Waals surface area contributed by atoms with Crippen LogP contribution in [0.3, 0.4) is 0 Å². The third-order valence-electron chi connectivity index (χ3n) is 9.99. The summed E-state index contributed by atoms with van der Waals surface area (Å²) < 4.78 is 11.0. The van der Waals surface area contributed by atoms with Crippen molar-refractivity contribution < 1.29 is 25.8 Å². The molecule has 0 saturated heterocycles. The number of benzene rings is 5. The quantitative estimate of drug-likeness (QED) is 0.128. The largest absolute Gasteiger partial charge is 2.00 e. The Labute approximate surface area is 327 Å². The molecule has 0 bridgehead atoms. The van der Waals surface area contributed by atoms with Crippen LogP contribution in [0.5, 0.6) is 11.5 Å². The standard InChI is InChI=1S/C47H33N5O.Pt/c1-47(2,3)39-20-13-27-49-46(39)51-40-21-11-10-18-35(40)36-25-23-33(29-41(36)51)53-32-22-24-34-37-19-12-26-48-44(37)52-43(31-16-8-5-9-17-31)42(30-14-6-4-7-15-30)50-45(52)38(34)28-32;/h4-27H,1-3H3;/q-2;+2. The minimum atomic E-state index is -0.117. The molecule has 5 heterocycles. The summed E-state index contributed by atoms with van der Waals surface area (Å²) in [6, 6.07) is 52.8. The molecule has 0 spiro atoms. The number of imidazole rings is 1. The van der Waals surface area contributed by atoms with Gasteiger partial charge in [-0.3, -0.25) is 4.98 Å². The molecule has 10 rings (SSSR count). The van der Waals surface area contributed by atoms with Crippen LogP contribution in [0.15, 0.2) is 146 Å². The molecule has 5 aromatic carbocycles. The van der Waals surface area contributed by atoms with Crippen LogP contribution in [0.2, 0.25) is 0 Å². The number of pyridine rings is 3. The van der Waals surface area contributed by atoms with Crippen LogP contribution < -0.4 is 4.74 Å². The van der Waals surface area contributed by atoms with E-state index in [0.29, 0.717) is 11.5 Å². The molecule has 6 nitrogen and oxygen atoms in total. The Balaban J connectivity index is 0.00000384. The van der Waals surface area contributed by atoms with Crippen molar-refractivity contribution in [3.05, 3.63) is 164 Å². The molecule has 0 atom stereocenters. The Hall–Kier alpha value is -6.10. The summed E-state index contributed by atoms with van der Waals surface area (Å²) in [5, 5.41) is 5.08. The third-order valence-corrected chi connectivity index (χ3v) is 9.99. The van der Waals surface area contributed by atoms with Gasteiger partial charge in [-0.1, -0.05) is 134 Å². The van der Waals surface area contributed by atoms with Gasteiger partial charge in [-0.15, -0.1) is 29.7 Å². The molecule has 0 amide bonds. The molecular weight excluding hydrogens is 846 g/mol. The van der Waals surface area contributed by atoms with Gasteiger partial charge in [-0.25, -0.2) is 9.97 Å². The first kappa shape index (κ1) is 33.7. The van der Waals surface area contributed by atoms with Gasteiger partial charge < -0.3 is 13.7 Å². The van der Waals surface area contributed by atoms with Crippen molar-refractivity contribution in [2.45, 2.75) is 26.2 Å². The van der Waals surface area contributed by atoms with E-state index in [0.717, 1.165) is 83.2 Å². The smallest absolute Gasteiger partial charge is 0.503 e. The molecule has 0 unspecified atom stereocenters. The summed E-state index contributed by atoms with van der Waals surface area (Å²) in [6.07, 6.45) is 3.70. The van der Waals surface area contributed by atoms with Gasteiger partial charge in [0.25, 0.3) is 0 Å². The van der Waals surface area contributed by atoms with Gasteiger partial charge in [-0.05, 0) is 34.4 Å². The monoisotopic (exact) mass is 878 g/mol. The van der Waals surface area contributed by atoms with Crippen LogP contribution in [-0.2, 0) is 26.5 Å². The SMILES string of the molecule is CC(C)(C)c1cccnc1-n1c2[c-]c(Oc3[c-]c4c(cc3)c3cccnc3n3c(-c5ccccc5)c(-c5ccccc5)nc43)ccc2c2ccccc21.[Pt+2]. The second-order valence-electron chi connectivity index (χ2n) is 14.3. The molecule has 262 valence electrons. The Bertz CT molecular complexity index is 3020. The minimum Gasteiger partial charge on any atom is -0.503 e. The Morgan fingerprint density at radius 1 is 0.574 bits per heavy atom. The first-order valence-corrected chi connectivity index (χ1v) is 17.8. The van der Waals surface area contributed by atoms with E-state index in [9.17, 15) is 0 Å². The van der Waals surface area contributed by atoms with Crippen molar-refractivity contribution in [1.29, 1.82) is 0 Å². The van der Waals surface area contributed by atoms with E-state index in [1.807, 2.05) is 60.9 Å². The molecule has 0 aliphatic carbocycles. The number of hydrogen-bond donors (Lipinski definition) is 0. The maximum Gasteiger partial charge on any atom is 2.00 e. The first-order valence-electron chi connectivity index (χ1n) is 17.8. The minimum absolute atomic E-state index is 0. The van der Waals surface area contributed by atoms with Crippen LogP contribution in [0.4, 0.5) is 0 Å². The van der Waals surface area contributed by atoms with E-state index in [2.05, 4.69) is 127 Å². The number of aromatic nitrogens is 5. The fraction of sp³-hybridized carbons (Fsp3) is 0.0851. The van der Waals surface area contributed by atoms with Crippen molar-refractivity contribution in [2.75, 3.05) is 0 Å². The van der Waals surface area contributed by atoms with Crippen LogP contribution >= 0.6 is 0 Å². The molecule has 54 heavy (non-hydrogen) atoms. The van der Waals surface area contributed by atoms with E-state index in [1.165, 1.54) is 0 Å². The zero-order valence-corrected chi connectivity index (χ0v) is 32.1. The predicted molar refractivity (Wildman–Crippen MR) is 214 cm³/mol. The number of rotatable bonds is 5. The zero-order chi connectivity index (χ0) is 35.7. The fourth-order valence-corrected chi connectivity index (χ4v) is 7.61. The molecule has 0 aliphatic heterocycles. The molecule has 5 aromatic heterocycles. The predicted octanol–water partition coefficient (Wildman–Crippen LogP) is 11.5. The Morgan fingerprint density at radius 3 is 2.00 bits per heavy atom. The fourth-order valence-electron chi connectivity index (χ4n) is 7.61. The summed E-state index contributed by atoms with van der Waals surface area (Å²) in [7, 11) is 0. The first-order chi connectivity index (χ1) is 25.9. The summed E-state index contributed by atoms with van der Waals surface area (Å²) in [4.78, 5) is 15.2. The third kappa shape index (κ3) is 5.40. The van der Waals surface area contributed by atoms with Gasteiger partial charge in [0.2, 0.25) is 0 Å². The summed E-state index contributed by atoms with van der Waals surface area (Å²) in [5.41, 5.74) is 8.55. The van der Waals surface area contributed by atoms with E-state index < -0.39 is 0 Å². The van der Waals surface area contributed by atoms with Crippen LogP contribution in [0.25, 0.3) is 77.6 Å². The summed E-state index contributed by atoms with van der Waals surface area (Å²) in [6.45, 7) is 6.66. The average molecular weight is 879 g/mol. The molecular formula is C47H33N5OPt. The molecule has 0 radical (unpaired) electrons. The van der Waals surface area contributed by atoms with Crippen molar-refractivity contribution in [3.8, 4) is 39.8 Å². The van der Waals surface area contributed by atoms with E-state index in [4.69, 9.17) is 19.7 Å². The van der Waals surface area contributed by atoms with Crippen molar-refractivity contribution >= 4 is 49.3 Å². The van der Waals surface area contributed by atoms with Crippen molar-refractivity contribution in [1.82, 2.24) is 23.9 Å². The van der Waals surface area contributed by atoms with Gasteiger partial charge >= 0.3 is 21.1 Å². The maximum absolute atomic E-state index is 6.65. The Morgan fingerprint density at radius 2 is 1.22 bits per heavy atom. The number of hydrogen-bond acceptors (Lipinski definition) is 4. The van der Waals surface area contributed by atoms with Crippen LogP contribution in [0.1, 0.15) is 26.3 Å². The van der Waals surface area contributed by atoms with Gasteiger partial charge in [0.1, 0.15) is 11.5 Å². The molecule has 0 aliphatic rings. The number of ether oxygens (including phenoxy) is 1. The topological polar surface area (TPSA) is 57.2 Å². The zero-order valence-electron chi connectivity index (χ0n) is 29.8. The maximum atomic E-state index is 6.65. The van der Waals surface area contributed by atoms with Gasteiger partial charge in [-0.2, -0.15) is 6.07 Å². The molecule has 0 fully saturated rings. The van der Waals surface area contributed by atoms with E-state index >= 15 is 0 Å². The van der Waals surface area contributed by atoms with Crippen molar-refractivity contribution in [3.63, 3.8) is 0 Å². The van der Waals surface area contributed by atoms with Gasteiger partial charge in [0, 0.05) is 46.1 Å². The summed E-state index contributed by atoms with van der Waals surface area (Å²) in [5.74, 6) is 2.05. The Kier molecular flexibility index (Phi) is 8.17. The number of fused-ring (bicyclic) bond motifs is 9. The molecule has 0 N–H and O–H groups in total. The van der Waals surface area contributed by atoms with Crippen LogP contribution in [0, 0.1) is 12.1 Å². The molecule has 0 saturated carbocycles. The molecule has 7 heteroatoms. The van der Waals surface area contributed by atoms with E-state index in [-0.39, 0.29) is 26.5 Å². The second kappa shape index (κ2) is 13.1. The number of para-hydroxylation sites is 1. The van der Waals surface area contributed by atoms with Gasteiger partial charge in [0.05, 0.1) is 17.0 Å². The average Bonchev–Trinajstić information content (AvgIpc) is 3.75. The number of nitrogens with zero attached hydrogens (tertiary/aromatic N) is 5. The second-order valence-corrected chi connectivity index (χ2v) is 14.3. The molecule has 10 aromatic rings. The van der Waals surface area contributed by atoms with Crippen LogP contribution in [-0.4, -0.2) is 23.9 Å². The van der Waals surface area contributed by atoms with Gasteiger partial charge in [0.15, 0.2) is 0 Å². The van der Waals surface area contributed by atoms with E-state index in [1.54, 1.807) is 0 Å².